The fourth-order valence-corrected chi connectivity index (χ4v) is 5.99. The molecule has 41 heavy (non-hydrogen) atoms. The Morgan fingerprint density at radius 2 is 1.98 bits per heavy atom. The van der Waals surface area contributed by atoms with Gasteiger partial charge in [-0.1, -0.05) is 6.58 Å². The second-order valence-corrected chi connectivity index (χ2v) is 11.1. The van der Waals surface area contributed by atoms with Gasteiger partial charge in [0.25, 0.3) is 5.91 Å². The molecule has 2 atom stereocenters. The third-order valence-electron chi connectivity index (χ3n) is 8.23. The number of hydrogen-bond acceptors (Lipinski definition) is 8. The van der Waals surface area contributed by atoms with E-state index in [1.54, 1.807) is 7.11 Å². The topological polar surface area (TPSA) is 106 Å². The predicted octanol–water partition coefficient (Wildman–Crippen LogP) is 5.56. The maximum Gasteiger partial charge on any atom is 0.254 e. The van der Waals surface area contributed by atoms with Crippen molar-refractivity contribution in [3.63, 3.8) is 0 Å². The average molecular weight is 554 g/mol. The van der Waals surface area contributed by atoms with Crippen molar-refractivity contribution in [2.24, 2.45) is 0 Å². The molecule has 1 saturated heterocycles. The molecule has 1 fully saturated rings. The molecule has 214 valence electrons. The van der Waals surface area contributed by atoms with Crippen LogP contribution in [-0.2, 0) is 13.1 Å². The SMILES string of the molecule is C=C(C=N)c1cc(C(=O)N2CC[C@@H](N3Cc4cnc(Nc5cc(C)cc(OC)c5)nc4C3)C[C@H]2C)c(C)cc1NC. The van der Waals surface area contributed by atoms with Gasteiger partial charge in [-0.2, -0.15) is 0 Å². The Balaban J connectivity index is 1.25. The molecule has 0 spiro atoms. The van der Waals surface area contributed by atoms with Gasteiger partial charge in [-0.15, -0.1) is 0 Å². The maximum atomic E-state index is 13.7. The number of nitrogens with zero attached hydrogens (tertiary/aromatic N) is 4. The number of carbonyl (C=O) groups is 1. The van der Waals surface area contributed by atoms with Crippen LogP contribution in [0.3, 0.4) is 0 Å². The summed E-state index contributed by atoms with van der Waals surface area (Å²) in [4.78, 5) is 27.6. The Morgan fingerprint density at radius 3 is 2.68 bits per heavy atom. The number of aryl methyl sites for hydroxylation is 2. The van der Waals surface area contributed by atoms with Crippen LogP contribution < -0.4 is 15.4 Å². The highest BCUT2D eigenvalue weighted by Gasteiger charge is 2.35. The zero-order valence-electron chi connectivity index (χ0n) is 24.5. The molecule has 0 unspecified atom stereocenters. The molecule has 2 aliphatic rings. The molecule has 0 saturated carbocycles. The Hall–Kier alpha value is -4.24. The van der Waals surface area contributed by atoms with Crippen molar-refractivity contribution in [1.82, 2.24) is 19.8 Å². The number of aromatic nitrogens is 2. The van der Waals surface area contributed by atoms with Crippen molar-refractivity contribution in [2.45, 2.75) is 58.8 Å². The van der Waals surface area contributed by atoms with E-state index in [0.29, 0.717) is 29.7 Å². The second kappa shape index (κ2) is 11.7. The van der Waals surface area contributed by atoms with Crippen molar-refractivity contribution in [3.8, 4) is 5.75 Å². The minimum atomic E-state index is 0.0363. The molecule has 1 aromatic heterocycles. The molecule has 3 heterocycles. The van der Waals surface area contributed by atoms with Crippen LogP contribution in [0.15, 0.2) is 43.1 Å². The van der Waals surface area contributed by atoms with E-state index in [-0.39, 0.29) is 11.9 Å². The van der Waals surface area contributed by atoms with Gasteiger partial charge in [0, 0.05) is 85.3 Å². The van der Waals surface area contributed by atoms with E-state index in [0.717, 1.165) is 71.0 Å². The second-order valence-electron chi connectivity index (χ2n) is 11.1. The predicted molar refractivity (Wildman–Crippen MR) is 164 cm³/mol. The number of amides is 1. The monoisotopic (exact) mass is 553 g/mol. The van der Waals surface area contributed by atoms with E-state index >= 15 is 0 Å². The van der Waals surface area contributed by atoms with E-state index in [1.807, 2.05) is 62.3 Å². The standard InChI is InChI=1S/C32H39N7O2/c1-19-9-24(13-26(10-19)41-6)36-32-35-16-23-17-38(18-30(23)37-32)25-7-8-39(22(4)12-25)31(40)28-14-27(21(3)15-33)29(34-5)11-20(28)2/h9-11,13-16,22,25,33-34H,3,7-8,12,17-18H2,1-2,4-6H3,(H,35,36,37)/t22-,25-/m1/s1. The van der Waals surface area contributed by atoms with E-state index in [9.17, 15) is 4.79 Å². The first kappa shape index (κ1) is 28.3. The highest BCUT2D eigenvalue weighted by molar-refractivity contribution is 6.11. The number of hydrogen-bond donors (Lipinski definition) is 3. The van der Waals surface area contributed by atoms with Crippen LogP contribution in [-0.4, -0.2) is 64.7 Å². The number of piperidine rings is 1. The van der Waals surface area contributed by atoms with Crippen molar-refractivity contribution >= 4 is 35.0 Å². The lowest BCUT2D eigenvalue weighted by molar-refractivity contribution is 0.0460. The molecule has 3 N–H and O–H groups in total. The molecule has 2 aliphatic heterocycles. The number of benzene rings is 2. The first-order valence-electron chi connectivity index (χ1n) is 14.0. The van der Waals surface area contributed by atoms with Gasteiger partial charge in [-0.25, -0.2) is 9.97 Å². The first-order chi connectivity index (χ1) is 19.7. The van der Waals surface area contributed by atoms with Crippen molar-refractivity contribution < 1.29 is 9.53 Å². The third-order valence-corrected chi connectivity index (χ3v) is 8.23. The van der Waals surface area contributed by atoms with E-state index in [1.165, 1.54) is 6.21 Å². The van der Waals surface area contributed by atoms with Crippen LogP contribution in [0.5, 0.6) is 5.75 Å². The van der Waals surface area contributed by atoms with Gasteiger partial charge in [-0.05, 0) is 74.6 Å². The number of methoxy groups -OCH3 is 1. The number of anilines is 3. The number of nitrogens with one attached hydrogen (secondary N) is 3. The molecule has 5 rings (SSSR count). The average Bonchev–Trinajstić information content (AvgIpc) is 3.39. The normalized spacial score (nSPS) is 18.5. The highest BCUT2D eigenvalue weighted by Crippen LogP contribution is 2.32. The van der Waals surface area contributed by atoms with Gasteiger partial charge in [0.15, 0.2) is 0 Å². The van der Waals surface area contributed by atoms with Gasteiger partial charge in [0.05, 0.1) is 12.8 Å². The largest absolute Gasteiger partial charge is 0.497 e. The number of rotatable bonds is 8. The van der Waals surface area contributed by atoms with Gasteiger partial charge in [0.2, 0.25) is 5.95 Å². The summed E-state index contributed by atoms with van der Waals surface area (Å²) in [7, 11) is 3.50. The lowest BCUT2D eigenvalue weighted by Crippen LogP contribution is -2.50. The van der Waals surface area contributed by atoms with Gasteiger partial charge >= 0.3 is 0 Å². The Kier molecular flexibility index (Phi) is 8.08. The van der Waals surface area contributed by atoms with E-state index in [4.69, 9.17) is 15.1 Å². The number of likely N-dealkylation sites (tertiary alicyclic amines) is 1. The summed E-state index contributed by atoms with van der Waals surface area (Å²) < 4.78 is 5.39. The Morgan fingerprint density at radius 1 is 1.17 bits per heavy atom. The molecular formula is C32H39N7O2. The van der Waals surface area contributed by atoms with Gasteiger partial charge < -0.3 is 25.7 Å². The lowest BCUT2D eigenvalue weighted by Gasteiger charge is -2.41. The van der Waals surface area contributed by atoms with Crippen LogP contribution in [0.25, 0.3) is 5.57 Å². The summed E-state index contributed by atoms with van der Waals surface area (Å²) in [5, 5.41) is 14.1. The fourth-order valence-electron chi connectivity index (χ4n) is 5.99. The molecule has 1 amide bonds. The summed E-state index contributed by atoms with van der Waals surface area (Å²) in [5.74, 6) is 1.41. The van der Waals surface area contributed by atoms with Crippen LogP contribution in [0, 0.1) is 19.3 Å². The highest BCUT2D eigenvalue weighted by atomic mass is 16.5. The molecule has 0 bridgehead atoms. The van der Waals surface area contributed by atoms with E-state index in [2.05, 4.69) is 34.0 Å². The number of carbonyl (C=O) groups excluding carboxylic acids is 1. The summed E-state index contributed by atoms with van der Waals surface area (Å²) >= 11 is 0. The quantitative estimate of drug-likeness (QED) is 0.314. The zero-order valence-corrected chi connectivity index (χ0v) is 24.5. The number of fused-ring (bicyclic) bond motifs is 1. The van der Waals surface area contributed by atoms with Crippen molar-refractivity contribution in [3.05, 3.63) is 76.6 Å². The summed E-state index contributed by atoms with van der Waals surface area (Å²) in [6, 6.07) is 10.3. The fraction of sp³-hybridized carbons (Fsp3) is 0.375. The number of ether oxygens (including phenoxy) is 1. The van der Waals surface area contributed by atoms with E-state index < -0.39 is 0 Å². The minimum absolute atomic E-state index is 0.0363. The van der Waals surface area contributed by atoms with Gasteiger partial charge in [0.1, 0.15) is 5.75 Å². The summed E-state index contributed by atoms with van der Waals surface area (Å²) in [6.45, 7) is 12.4. The van der Waals surface area contributed by atoms with Crippen molar-refractivity contribution in [2.75, 3.05) is 31.3 Å². The molecule has 2 aromatic carbocycles. The third kappa shape index (κ3) is 5.81. The molecule has 0 radical (unpaired) electrons. The van der Waals surface area contributed by atoms with Crippen molar-refractivity contribution in [1.29, 1.82) is 5.41 Å². The molecule has 9 heteroatoms. The van der Waals surface area contributed by atoms with Gasteiger partial charge in [-0.3, -0.25) is 9.69 Å². The van der Waals surface area contributed by atoms with Crippen LogP contribution >= 0.6 is 0 Å². The smallest absolute Gasteiger partial charge is 0.254 e. The molecule has 9 nitrogen and oxygen atoms in total. The molecule has 3 aromatic rings. The maximum absolute atomic E-state index is 13.7. The Bertz CT molecular complexity index is 1500. The Labute approximate surface area is 242 Å². The number of allylic oxidation sites excluding steroid dienone is 1. The first-order valence-corrected chi connectivity index (χ1v) is 14.0. The molecule has 0 aliphatic carbocycles. The van der Waals surface area contributed by atoms with Crippen LogP contribution in [0.1, 0.15) is 58.1 Å². The lowest BCUT2D eigenvalue weighted by atomic mass is 9.93. The summed E-state index contributed by atoms with van der Waals surface area (Å²) in [5.41, 5.74) is 8.00. The zero-order chi connectivity index (χ0) is 29.3. The summed E-state index contributed by atoms with van der Waals surface area (Å²) in [6.07, 6.45) is 4.96. The molecular weight excluding hydrogens is 514 g/mol. The van der Waals surface area contributed by atoms with Crippen LogP contribution in [0.2, 0.25) is 0 Å². The minimum Gasteiger partial charge on any atom is -0.497 e. The van der Waals surface area contributed by atoms with Crippen LogP contribution in [0.4, 0.5) is 17.3 Å².